The molecule has 0 spiro atoms. The lowest BCUT2D eigenvalue weighted by Crippen LogP contribution is -2.56. The second kappa shape index (κ2) is 4.71. The van der Waals surface area contributed by atoms with Crippen LogP contribution in [0.1, 0.15) is 19.8 Å². The second-order valence-electron chi connectivity index (χ2n) is 5.57. The highest BCUT2D eigenvalue weighted by Gasteiger charge is 2.37. The minimum Gasteiger partial charge on any atom is -0.361 e. The summed E-state index contributed by atoms with van der Waals surface area (Å²) >= 11 is 0. The summed E-state index contributed by atoms with van der Waals surface area (Å²) in [6, 6.07) is 1.77. The first-order valence-corrected chi connectivity index (χ1v) is 6.71. The Bertz CT molecular complexity index is 465. The third kappa shape index (κ3) is 2.43. The molecule has 2 aliphatic rings. The molecule has 0 amide bonds. The number of hydrogen-bond acceptors (Lipinski definition) is 2. The van der Waals surface area contributed by atoms with Crippen molar-refractivity contribution >= 4 is 5.69 Å². The Morgan fingerprint density at radius 2 is 1.79 bits per heavy atom. The maximum absolute atomic E-state index is 13.9. The summed E-state index contributed by atoms with van der Waals surface area (Å²) in [5.41, 5.74) is -0.0962. The van der Waals surface area contributed by atoms with Gasteiger partial charge in [-0.2, -0.15) is 0 Å². The van der Waals surface area contributed by atoms with Crippen LogP contribution in [-0.2, 0) is 0 Å². The molecule has 1 aliphatic heterocycles. The lowest BCUT2D eigenvalue weighted by atomic mass is 10.0. The molecule has 1 N–H and O–H groups in total. The Kier molecular flexibility index (Phi) is 3.17. The van der Waals surface area contributed by atoms with E-state index in [1.807, 2.05) is 6.92 Å². The van der Waals surface area contributed by atoms with Crippen LogP contribution < -0.4 is 10.2 Å². The van der Waals surface area contributed by atoms with E-state index in [1.165, 1.54) is 12.8 Å². The molecule has 1 saturated heterocycles. The number of benzene rings is 1. The van der Waals surface area contributed by atoms with Gasteiger partial charge in [0.05, 0.1) is 0 Å². The van der Waals surface area contributed by atoms with Crippen molar-refractivity contribution in [3.8, 4) is 0 Å². The molecule has 0 bridgehead atoms. The van der Waals surface area contributed by atoms with Crippen molar-refractivity contribution in [3.05, 3.63) is 29.6 Å². The van der Waals surface area contributed by atoms with Crippen LogP contribution in [0.4, 0.5) is 18.9 Å². The summed E-state index contributed by atoms with van der Waals surface area (Å²) < 4.78 is 40.7. The standard InChI is InChI=1S/C14H17F3N2/c1-8-6-18-13(9-2-3-9)7-19(8)14-11(16)4-10(15)5-12(14)17/h4-5,8-9,13,18H,2-3,6-7H2,1H3. The van der Waals surface area contributed by atoms with E-state index in [0.717, 1.165) is 12.1 Å². The number of rotatable bonds is 2. The molecule has 2 nitrogen and oxygen atoms in total. The summed E-state index contributed by atoms with van der Waals surface area (Å²) in [6.07, 6.45) is 2.35. The molecule has 0 radical (unpaired) electrons. The van der Waals surface area contributed by atoms with Crippen LogP contribution in [0, 0.1) is 23.4 Å². The Balaban J connectivity index is 1.90. The summed E-state index contributed by atoms with van der Waals surface area (Å²) in [4.78, 5) is 1.73. The lowest BCUT2D eigenvalue weighted by molar-refractivity contribution is 0.369. The van der Waals surface area contributed by atoms with Gasteiger partial charge in [0.25, 0.3) is 0 Å². The summed E-state index contributed by atoms with van der Waals surface area (Å²) in [5, 5.41) is 3.42. The van der Waals surface area contributed by atoms with Crippen molar-refractivity contribution in [1.82, 2.24) is 5.32 Å². The van der Waals surface area contributed by atoms with Gasteiger partial charge in [-0.25, -0.2) is 13.2 Å². The fraction of sp³-hybridized carbons (Fsp3) is 0.571. The Morgan fingerprint density at radius 3 is 2.37 bits per heavy atom. The van der Waals surface area contributed by atoms with Crippen molar-refractivity contribution in [2.45, 2.75) is 31.8 Å². The average molecular weight is 270 g/mol. The van der Waals surface area contributed by atoms with Gasteiger partial charge in [0, 0.05) is 37.3 Å². The van der Waals surface area contributed by atoms with Crippen molar-refractivity contribution in [2.75, 3.05) is 18.0 Å². The number of nitrogens with zero attached hydrogens (tertiary/aromatic N) is 1. The smallest absolute Gasteiger partial charge is 0.152 e. The van der Waals surface area contributed by atoms with Gasteiger partial charge in [-0.15, -0.1) is 0 Å². The lowest BCUT2D eigenvalue weighted by Gasteiger charge is -2.40. The molecule has 2 atom stereocenters. The molecule has 0 aromatic heterocycles. The number of nitrogens with one attached hydrogen (secondary N) is 1. The van der Waals surface area contributed by atoms with Crippen molar-refractivity contribution in [1.29, 1.82) is 0 Å². The molecule has 1 aliphatic carbocycles. The van der Waals surface area contributed by atoms with E-state index >= 15 is 0 Å². The minimum atomic E-state index is -0.875. The largest absolute Gasteiger partial charge is 0.361 e. The molecule has 1 saturated carbocycles. The maximum Gasteiger partial charge on any atom is 0.152 e. The Labute approximate surface area is 110 Å². The average Bonchev–Trinajstić information content (AvgIpc) is 3.14. The Hall–Kier alpha value is -1.23. The molecular weight excluding hydrogens is 253 g/mol. The fourth-order valence-corrected chi connectivity index (χ4v) is 2.82. The van der Waals surface area contributed by atoms with Crippen LogP contribution in [0.15, 0.2) is 12.1 Å². The van der Waals surface area contributed by atoms with E-state index in [1.54, 1.807) is 4.90 Å². The van der Waals surface area contributed by atoms with Crippen molar-refractivity contribution in [3.63, 3.8) is 0 Å². The fourth-order valence-electron chi connectivity index (χ4n) is 2.82. The molecule has 1 aromatic rings. The summed E-state index contributed by atoms with van der Waals surface area (Å²) in [6.45, 7) is 3.18. The van der Waals surface area contributed by atoms with Crippen LogP contribution in [0.3, 0.4) is 0 Å². The number of piperazine rings is 1. The molecule has 1 heterocycles. The summed E-state index contributed by atoms with van der Waals surface area (Å²) in [7, 11) is 0. The van der Waals surface area contributed by atoms with Gasteiger partial charge in [0.1, 0.15) is 11.5 Å². The SMILES string of the molecule is CC1CNC(C2CC2)CN1c1c(F)cc(F)cc1F. The quantitative estimate of drug-likeness (QED) is 0.889. The first-order valence-electron chi connectivity index (χ1n) is 6.71. The van der Waals surface area contributed by atoms with Crippen molar-refractivity contribution in [2.24, 2.45) is 5.92 Å². The van der Waals surface area contributed by atoms with Gasteiger partial charge < -0.3 is 10.2 Å². The van der Waals surface area contributed by atoms with Crippen molar-refractivity contribution < 1.29 is 13.2 Å². The molecular formula is C14H17F3N2. The van der Waals surface area contributed by atoms with Crippen LogP contribution in [0.25, 0.3) is 0 Å². The molecule has 3 rings (SSSR count). The van der Waals surface area contributed by atoms with E-state index in [0.29, 0.717) is 19.0 Å². The Morgan fingerprint density at radius 1 is 1.16 bits per heavy atom. The normalized spacial score (nSPS) is 27.7. The van der Waals surface area contributed by atoms with Gasteiger partial charge >= 0.3 is 0 Å². The number of anilines is 1. The predicted octanol–water partition coefficient (Wildman–Crippen LogP) is 2.68. The topological polar surface area (TPSA) is 15.3 Å². The third-order valence-corrected chi connectivity index (χ3v) is 4.06. The van der Waals surface area contributed by atoms with Crippen LogP contribution in [0.5, 0.6) is 0 Å². The zero-order valence-corrected chi connectivity index (χ0v) is 10.8. The zero-order valence-electron chi connectivity index (χ0n) is 10.8. The number of hydrogen-bond donors (Lipinski definition) is 1. The zero-order chi connectivity index (χ0) is 13.6. The monoisotopic (exact) mass is 270 g/mol. The third-order valence-electron chi connectivity index (χ3n) is 4.06. The van der Waals surface area contributed by atoms with Gasteiger partial charge in [-0.3, -0.25) is 0 Å². The molecule has 1 aromatic carbocycles. The highest BCUT2D eigenvalue weighted by molar-refractivity contribution is 5.51. The second-order valence-corrected chi connectivity index (χ2v) is 5.57. The van der Waals surface area contributed by atoms with Gasteiger partial charge in [-0.05, 0) is 25.7 Å². The van der Waals surface area contributed by atoms with E-state index < -0.39 is 17.5 Å². The van der Waals surface area contributed by atoms with Crippen LogP contribution in [0.2, 0.25) is 0 Å². The van der Waals surface area contributed by atoms with Gasteiger partial charge in [-0.1, -0.05) is 0 Å². The first-order chi connectivity index (χ1) is 9.06. The minimum absolute atomic E-state index is 0.00976. The molecule has 104 valence electrons. The highest BCUT2D eigenvalue weighted by atomic mass is 19.1. The van der Waals surface area contributed by atoms with E-state index in [9.17, 15) is 13.2 Å². The summed E-state index contributed by atoms with van der Waals surface area (Å²) in [5.74, 6) is -1.90. The van der Waals surface area contributed by atoms with E-state index in [2.05, 4.69) is 5.32 Å². The molecule has 19 heavy (non-hydrogen) atoms. The van der Waals surface area contributed by atoms with E-state index in [-0.39, 0.29) is 17.8 Å². The first kappa shape index (κ1) is 12.8. The van der Waals surface area contributed by atoms with Crippen LogP contribution >= 0.6 is 0 Å². The molecule has 5 heteroatoms. The molecule has 2 fully saturated rings. The maximum atomic E-state index is 13.9. The van der Waals surface area contributed by atoms with Gasteiger partial charge in [0.15, 0.2) is 11.6 Å². The van der Waals surface area contributed by atoms with Gasteiger partial charge in [0.2, 0.25) is 0 Å². The number of halogens is 3. The van der Waals surface area contributed by atoms with E-state index in [4.69, 9.17) is 0 Å². The molecule has 2 unspecified atom stereocenters. The van der Waals surface area contributed by atoms with Crippen LogP contribution in [-0.4, -0.2) is 25.2 Å². The predicted molar refractivity (Wildman–Crippen MR) is 67.6 cm³/mol. The highest BCUT2D eigenvalue weighted by Crippen LogP contribution is 2.36.